The van der Waals surface area contributed by atoms with E-state index in [1.807, 2.05) is 18.2 Å². The number of methoxy groups -OCH3 is 1. The van der Waals surface area contributed by atoms with Crippen LogP contribution < -0.4 is 4.74 Å². The molecule has 0 aliphatic rings. The number of aromatic nitrogens is 1. The normalized spacial score (nSPS) is 11.4. The Morgan fingerprint density at radius 1 is 1.14 bits per heavy atom. The highest BCUT2D eigenvalue weighted by atomic mass is 127. The number of nitrogens with zero attached hydrogens (tertiary/aromatic N) is 2. The van der Waals surface area contributed by atoms with Gasteiger partial charge < -0.3 is 14.3 Å². The van der Waals surface area contributed by atoms with Crippen LogP contribution in [-0.4, -0.2) is 23.4 Å². The zero-order valence-corrected chi connectivity index (χ0v) is 18.7. The van der Waals surface area contributed by atoms with Crippen molar-refractivity contribution in [2.24, 2.45) is 4.99 Å². The van der Waals surface area contributed by atoms with Gasteiger partial charge in [-0.05, 0) is 65.1 Å². The molecule has 29 heavy (non-hydrogen) atoms. The first-order valence-electron chi connectivity index (χ1n) is 8.41. The van der Waals surface area contributed by atoms with Crippen LogP contribution >= 0.6 is 45.8 Å². The first-order valence-corrected chi connectivity index (χ1v) is 10.2. The molecule has 8 heteroatoms. The molecule has 3 aromatic carbocycles. The summed E-state index contributed by atoms with van der Waals surface area (Å²) in [6.45, 7) is 0. The lowest BCUT2D eigenvalue weighted by atomic mass is 10.2. The number of oxazole rings is 1. The molecule has 0 aliphatic heterocycles. The van der Waals surface area contributed by atoms with Crippen LogP contribution in [0.3, 0.4) is 0 Å². The van der Waals surface area contributed by atoms with Crippen LogP contribution in [0.2, 0.25) is 10.0 Å². The van der Waals surface area contributed by atoms with Crippen molar-refractivity contribution in [2.45, 2.75) is 0 Å². The lowest BCUT2D eigenvalue weighted by molar-refractivity contribution is 0.373. The average molecular weight is 539 g/mol. The molecule has 0 aliphatic carbocycles. The summed E-state index contributed by atoms with van der Waals surface area (Å²) < 4.78 is 12.0. The predicted molar refractivity (Wildman–Crippen MR) is 124 cm³/mol. The molecular formula is C21H13Cl2IN2O3. The van der Waals surface area contributed by atoms with E-state index in [0.717, 1.165) is 9.13 Å². The van der Waals surface area contributed by atoms with Crippen LogP contribution in [0.4, 0.5) is 5.69 Å². The number of benzene rings is 3. The number of hydrogen-bond donors (Lipinski definition) is 1. The molecule has 1 N–H and O–H groups in total. The summed E-state index contributed by atoms with van der Waals surface area (Å²) in [4.78, 5) is 8.95. The van der Waals surface area contributed by atoms with Gasteiger partial charge in [-0.2, -0.15) is 0 Å². The van der Waals surface area contributed by atoms with Gasteiger partial charge in [-0.15, -0.1) is 0 Å². The molecular weight excluding hydrogens is 526 g/mol. The minimum Gasteiger partial charge on any atom is -0.504 e. The van der Waals surface area contributed by atoms with Crippen molar-refractivity contribution in [2.75, 3.05) is 7.11 Å². The number of phenols is 1. The number of ether oxygens (including phenoxy) is 1. The van der Waals surface area contributed by atoms with Crippen LogP contribution in [0.25, 0.3) is 22.6 Å². The van der Waals surface area contributed by atoms with E-state index in [0.29, 0.717) is 38.3 Å². The van der Waals surface area contributed by atoms with E-state index < -0.39 is 0 Å². The fourth-order valence-electron chi connectivity index (χ4n) is 2.77. The lowest BCUT2D eigenvalue weighted by Crippen LogP contribution is -1.89. The monoisotopic (exact) mass is 538 g/mol. The number of fused-ring (bicyclic) bond motifs is 1. The third-order valence-corrected chi connectivity index (χ3v) is 5.39. The van der Waals surface area contributed by atoms with Gasteiger partial charge in [0.25, 0.3) is 0 Å². The molecule has 0 bridgehead atoms. The molecule has 5 nitrogen and oxygen atoms in total. The Hall–Kier alpha value is -2.29. The predicted octanol–water partition coefficient (Wildman–Crippen LogP) is 6.87. The van der Waals surface area contributed by atoms with Gasteiger partial charge in [-0.25, -0.2) is 4.98 Å². The fourth-order valence-corrected chi connectivity index (χ4v) is 3.67. The average Bonchev–Trinajstić information content (AvgIpc) is 3.13. The van der Waals surface area contributed by atoms with E-state index in [1.54, 1.807) is 24.3 Å². The third-order valence-electron chi connectivity index (χ3n) is 4.17. The number of halogens is 3. The molecule has 0 atom stereocenters. The molecule has 146 valence electrons. The number of phenolic OH excluding ortho intramolecular Hbond substituents is 1. The molecule has 4 aromatic rings. The van der Waals surface area contributed by atoms with Gasteiger partial charge in [0.05, 0.1) is 23.4 Å². The maximum atomic E-state index is 10.2. The van der Waals surface area contributed by atoms with Crippen molar-refractivity contribution in [3.63, 3.8) is 0 Å². The van der Waals surface area contributed by atoms with Crippen molar-refractivity contribution < 1.29 is 14.3 Å². The molecule has 0 saturated carbocycles. The Bertz CT molecular complexity index is 1250. The Kier molecular flexibility index (Phi) is 5.67. The van der Waals surface area contributed by atoms with Crippen LogP contribution in [0.1, 0.15) is 5.56 Å². The van der Waals surface area contributed by atoms with Crippen LogP contribution in [0, 0.1) is 3.57 Å². The van der Waals surface area contributed by atoms with Gasteiger partial charge in [0.2, 0.25) is 5.89 Å². The first-order chi connectivity index (χ1) is 13.9. The number of hydrogen-bond acceptors (Lipinski definition) is 5. The number of aliphatic imine (C=N–C) groups is 1. The van der Waals surface area contributed by atoms with Crippen molar-refractivity contribution >= 4 is 68.8 Å². The summed E-state index contributed by atoms with van der Waals surface area (Å²) in [5.41, 5.74) is 3.10. The molecule has 0 fully saturated rings. The summed E-state index contributed by atoms with van der Waals surface area (Å²) >= 11 is 14.6. The van der Waals surface area contributed by atoms with Crippen LogP contribution in [-0.2, 0) is 0 Å². The van der Waals surface area contributed by atoms with E-state index in [1.165, 1.54) is 19.4 Å². The summed E-state index contributed by atoms with van der Waals surface area (Å²) in [6.07, 6.45) is 1.52. The van der Waals surface area contributed by atoms with Crippen LogP contribution in [0.15, 0.2) is 57.9 Å². The Morgan fingerprint density at radius 2 is 1.97 bits per heavy atom. The van der Waals surface area contributed by atoms with Crippen LogP contribution in [0.5, 0.6) is 11.5 Å². The van der Waals surface area contributed by atoms with Gasteiger partial charge in [-0.3, -0.25) is 4.99 Å². The van der Waals surface area contributed by atoms with Crippen molar-refractivity contribution in [3.05, 3.63) is 67.7 Å². The maximum Gasteiger partial charge on any atom is 0.228 e. The van der Waals surface area contributed by atoms with Gasteiger partial charge in [0.15, 0.2) is 17.1 Å². The molecule has 0 unspecified atom stereocenters. The lowest BCUT2D eigenvalue weighted by Gasteiger charge is -2.06. The van der Waals surface area contributed by atoms with Crippen molar-refractivity contribution in [1.29, 1.82) is 0 Å². The minimum atomic E-state index is -0.0289. The molecule has 0 radical (unpaired) electrons. The summed E-state index contributed by atoms with van der Waals surface area (Å²) in [6, 6.07) is 14.2. The SMILES string of the molecule is COc1cc(Cl)cc(C=Nc2ccc3oc(-c4cc(I)ccc4Cl)nc3c2)c1O. The van der Waals surface area contributed by atoms with Crippen molar-refractivity contribution in [3.8, 4) is 23.0 Å². The molecule has 1 heterocycles. The van der Waals surface area contributed by atoms with Gasteiger partial charge in [0.1, 0.15) is 5.52 Å². The second-order valence-corrected chi connectivity index (χ2v) is 8.19. The zero-order valence-electron chi connectivity index (χ0n) is 15.0. The smallest absolute Gasteiger partial charge is 0.228 e. The minimum absolute atomic E-state index is 0.0289. The summed E-state index contributed by atoms with van der Waals surface area (Å²) in [5, 5.41) is 11.2. The van der Waals surface area contributed by atoms with Gasteiger partial charge in [0, 0.05) is 26.4 Å². The Morgan fingerprint density at radius 3 is 2.76 bits per heavy atom. The highest BCUT2D eigenvalue weighted by Crippen LogP contribution is 2.34. The van der Waals surface area contributed by atoms with E-state index in [-0.39, 0.29) is 11.5 Å². The largest absolute Gasteiger partial charge is 0.504 e. The second kappa shape index (κ2) is 8.22. The molecule has 0 spiro atoms. The van der Waals surface area contributed by atoms with Gasteiger partial charge in [-0.1, -0.05) is 23.2 Å². The van der Waals surface area contributed by atoms with E-state index in [2.05, 4.69) is 32.6 Å². The van der Waals surface area contributed by atoms with Gasteiger partial charge >= 0.3 is 0 Å². The van der Waals surface area contributed by atoms with E-state index in [9.17, 15) is 5.11 Å². The van der Waals surface area contributed by atoms with E-state index in [4.69, 9.17) is 32.4 Å². The Labute approximate surface area is 190 Å². The Balaban J connectivity index is 1.69. The molecule has 1 aromatic heterocycles. The summed E-state index contributed by atoms with van der Waals surface area (Å²) in [5.74, 6) is 0.700. The number of aromatic hydroxyl groups is 1. The maximum absolute atomic E-state index is 10.2. The highest BCUT2D eigenvalue weighted by molar-refractivity contribution is 14.1. The van der Waals surface area contributed by atoms with E-state index >= 15 is 0 Å². The zero-order chi connectivity index (χ0) is 20.5. The fraction of sp³-hybridized carbons (Fsp3) is 0.0476. The van der Waals surface area contributed by atoms with Crippen molar-refractivity contribution in [1.82, 2.24) is 4.98 Å². The third kappa shape index (κ3) is 4.19. The highest BCUT2D eigenvalue weighted by Gasteiger charge is 2.13. The quantitative estimate of drug-likeness (QED) is 0.227. The second-order valence-electron chi connectivity index (χ2n) is 6.10. The molecule has 0 amide bonds. The molecule has 0 saturated heterocycles. The first kappa shape index (κ1) is 20.0. The standard InChI is InChI=1S/C21H13Cl2IN2O3/c1-28-19-7-12(22)6-11(20(19)27)10-25-14-3-5-18-17(9-14)26-21(29-18)15-8-13(24)2-4-16(15)23/h2-10,27H,1H3. The summed E-state index contributed by atoms with van der Waals surface area (Å²) in [7, 11) is 1.46. The topological polar surface area (TPSA) is 67.9 Å². The molecule has 4 rings (SSSR count). The number of rotatable bonds is 4.